The van der Waals surface area contributed by atoms with E-state index in [1.807, 2.05) is 13.8 Å². The number of hydrogen-bond donors (Lipinski definition) is 0. The summed E-state index contributed by atoms with van der Waals surface area (Å²) in [6, 6.07) is 10.7. The molecule has 1 unspecified atom stereocenters. The Morgan fingerprint density at radius 1 is 1.25 bits per heavy atom. The van der Waals surface area contributed by atoms with Gasteiger partial charge in [-0.15, -0.1) is 0 Å². The lowest BCUT2D eigenvalue weighted by molar-refractivity contribution is 0.343. The maximum Gasteiger partial charge on any atom is 0.265 e. The van der Waals surface area contributed by atoms with Gasteiger partial charge in [0.2, 0.25) is 0 Å². The van der Waals surface area contributed by atoms with Crippen molar-refractivity contribution >= 4 is 26.6 Å². The Bertz CT molecular complexity index is 1150. The van der Waals surface area contributed by atoms with Crippen LogP contribution in [-0.4, -0.2) is 26.1 Å². The summed E-state index contributed by atoms with van der Waals surface area (Å²) in [6.45, 7) is 4.20. The van der Waals surface area contributed by atoms with E-state index in [1.54, 1.807) is 36.5 Å². The number of sulfonamides is 1. The number of ether oxygens (including phenoxy) is 1. The van der Waals surface area contributed by atoms with E-state index in [0.717, 1.165) is 0 Å². The highest BCUT2D eigenvalue weighted by Crippen LogP contribution is 2.38. The lowest BCUT2D eigenvalue weighted by atomic mass is 9.99. The summed E-state index contributed by atoms with van der Waals surface area (Å²) in [4.78, 5) is 4.51. The minimum absolute atomic E-state index is 0.170. The van der Waals surface area contributed by atoms with Gasteiger partial charge in [0, 0.05) is 17.6 Å². The van der Waals surface area contributed by atoms with Gasteiger partial charge in [0.15, 0.2) is 0 Å². The van der Waals surface area contributed by atoms with Gasteiger partial charge >= 0.3 is 0 Å². The fourth-order valence-electron chi connectivity index (χ4n) is 3.78. The van der Waals surface area contributed by atoms with E-state index in [-0.39, 0.29) is 16.8 Å². The van der Waals surface area contributed by atoms with E-state index in [0.29, 0.717) is 47.4 Å². The lowest BCUT2D eigenvalue weighted by Gasteiger charge is -2.36. The summed E-state index contributed by atoms with van der Waals surface area (Å²) in [5, 5.41) is 0.509. The van der Waals surface area contributed by atoms with E-state index in [1.165, 1.54) is 16.4 Å². The predicted octanol–water partition coefficient (Wildman–Crippen LogP) is 4.30. The Labute approximate surface area is 163 Å². The molecule has 0 saturated heterocycles. The van der Waals surface area contributed by atoms with Crippen molar-refractivity contribution in [3.05, 3.63) is 60.0 Å². The van der Waals surface area contributed by atoms with Crippen LogP contribution in [-0.2, 0) is 16.4 Å². The highest BCUT2D eigenvalue weighted by Gasteiger charge is 2.35. The summed E-state index contributed by atoms with van der Waals surface area (Å²) in [5.74, 6) is 0.188. The van der Waals surface area contributed by atoms with Crippen LogP contribution in [0.5, 0.6) is 5.75 Å². The number of hydrogen-bond acceptors (Lipinski definition) is 4. The highest BCUT2D eigenvalue weighted by atomic mass is 32.2. The third kappa shape index (κ3) is 2.99. The second-order valence-electron chi connectivity index (χ2n) is 6.86. The summed E-state index contributed by atoms with van der Waals surface area (Å²) < 4.78 is 48.1. The van der Waals surface area contributed by atoms with Crippen LogP contribution in [0.2, 0.25) is 0 Å². The molecule has 0 spiro atoms. The molecule has 0 N–H and O–H groups in total. The van der Waals surface area contributed by atoms with Crippen molar-refractivity contribution in [3.8, 4) is 5.75 Å². The van der Waals surface area contributed by atoms with Crippen molar-refractivity contribution in [2.24, 2.45) is 0 Å². The Balaban J connectivity index is 1.92. The van der Waals surface area contributed by atoms with Crippen molar-refractivity contribution in [2.75, 3.05) is 10.9 Å². The predicted molar refractivity (Wildman–Crippen MR) is 107 cm³/mol. The van der Waals surface area contributed by atoms with Crippen LogP contribution < -0.4 is 9.04 Å². The first-order valence-corrected chi connectivity index (χ1v) is 10.7. The minimum atomic E-state index is -3.88. The second-order valence-corrected chi connectivity index (χ2v) is 8.64. The van der Waals surface area contributed by atoms with Crippen molar-refractivity contribution in [2.45, 2.75) is 37.6 Å². The van der Waals surface area contributed by atoms with Gasteiger partial charge in [-0.05, 0) is 74.7 Å². The molecule has 1 atom stereocenters. The van der Waals surface area contributed by atoms with Crippen molar-refractivity contribution in [1.29, 1.82) is 0 Å². The zero-order valence-electron chi connectivity index (χ0n) is 15.7. The van der Waals surface area contributed by atoms with Gasteiger partial charge in [0.25, 0.3) is 10.0 Å². The maximum absolute atomic E-state index is 13.7. The number of pyridine rings is 1. The molecule has 2 aromatic carbocycles. The molecule has 5 nitrogen and oxygen atoms in total. The number of fused-ring (bicyclic) bond motifs is 2. The number of benzene rings is 2. The molecule has 7 heteroatoms. The summed E-state index contributed by atoms with van der Waals surface area (Å²) in [5.41, 5.74) is 1.75. The molecule has 0 aliphatic carbocycles. The van der Waals surface area contributed by atoms with Crippen molar-refractivity contribution in [3.63, 3.8) is 0 Å². The number of aryl methyl sites for hydroxylation is 1. The highest BCUT2D eigenvalue weighted by molar-refractivity contribution is 7.93. The Morgan fingerprint density at radius 2 is 2.07 bits per heavy atom. The standard InChI is InChI=1S/C21H21FN2O3S/c1-3-27-19-10-11-20(17-5-4-12-23-21(17)19)28(25,26)24-14(2)6-7-15-13-16(22)8-9-18(15)24/h4-5,8-14H,3,6-7H2,1-2H3. The molecule has 0 saturated carbocycles. The van der Waals surface area contributed by atoms with E-state index < -0.39 is 10.0 Å². The second kappa shape index (κ2) is 7.05. The molecule has 2 heterocycles. The van der Waals surface area contributed by atoms with Crippen LogP contribution >= 0.6 is 0 Å². The van der Waals surface area contributed by atoms with Crippen LogP contribution in [0.25, 0.3) is 10.9 Å². The van der Waals surface area contributed by atoms with Crippen LogP contribution in [0.15, 0.2) is 53.6 Å². The number of anilines is 1. The molecule has 0 amide bonds. The van der Waals surface area contributed by atoms with Gasteiger partial charge < -0.3 is 4.74 Å². The number of halogens is 1. The molecule has 28 heavy (non-hydrogen) atoms. The summed E-state index contributed by atoms with van der Waals surface area (Å²) in [6.07, 6.45) is 2.89. The molecular formula is C21H21FN2O3S. The molecule has 1 aromatic heterocycles. The van der Waals surface area contributed by atoms with Crippen LogP contribution in [0, 0.1) is 5.82 Å². The average Bonchev–Trinajstić information content (AvgIpc) is 2.68. The molecule has 1 aliphatic rings. The van der Waals surface area contributed by atoms with Crippen molar-refractivity contribution in [1.82, 2.24) is 4.98 Å². The number of rotatable bonds is 4. The fourth-order valence-corrected chi connectivity index (χ4v) is 5.69. The van der Waals surface area contributed by atoms with E-state index in [9.17, 15) is 12.8 Å². The van der Waals surface area contributed by atoms with Crippen molar-refractivity contribution < 1.29 is 17.5 Å². The average molecular weight is 400 g/mol. The molecule has 0 bridgehead atoms. The van der Waals surface area contributed by atoms with E-state index >= 15 is 0 Å². The van der Waals surface area contributed by atoms with Crippen LogP contribution in [0.3, 0.4) is 0 Å². The van der Waals surface area contributed by atoms with E-state index in [2.05, 4.69) is 4.98 Å². The molecule has 3 aromatic rings. The normalized spacial score (nSPS) is 16.8. The van der Waals surface area contributed by atoms with Gasteiger partial charge in [0.1, 0.15) is 17.1 Å². The monoisotopic (exact) mass is 400 g/mol. The van der Waals surface area contributed by atoms with Crippen LogP contribution in [0.1, 0.15) is 25.8 Å². The third-order valence-corrected chi connectivity index (χ3v) is 7.03. The minimum Gasteiger partial charge on any atom is -0.492 e. The summed E-state index contributed by atoms with van der Waals surface area (Å²) >= 11 is 0. The third-order valence-electron chi connectivity index (χ3n) is 5.04. The summed E-state index contributed by atoms with van der Waals surface area (Å²) in [7, 11) is -3.88. The molecular weight excluding hydrogens is 379 g/mol. The quantitative estimate of drug-likeness (QED) is 0.655. The number of aromatic nitrogens is 1. The Morgan fingerprint density at radius 3 is 2.86 bits per heavy atom. The first kappa shape index (κ1) is 18.7. The largest absolute Gasteiger partial charge is 0.492 e. The smallest absolute Gasteiger partial charge is 0.265 e. The molecule has 146 valence electrons. The number of nitrogens with zero attached hydrogens (tertiary/aromatic N) is 2. The Kier molecular flexibility index (Phi) is 4.71. The van der Waals surface area contributed by atoms with Gasteiger partial charge in [-0.3, -0.25) is 9.29 Å². The zero-order chi connectivity index (χ0) is 19.9. The van der Waals surface area contributed by atoms with Crippen LogP contribution in [0.4, 0.5) is 10.1 Å². The first-order valence-electron chi connectivity index (χ1n) is 9.27. The zero-order valence-corrected chi connectivity index (χ0v) is 16.5. The Hall–Kier alpha value is -2.67. The van der Waals surface area contributed by atoms with Gasteiger partial charge in [0.05, 0.1) is 17.2 Å². The van der Waals surface area contributed by atoms with Gasteiger partial charge in [-0.1, -0.05) is 0 Å². The first-order chi connectivity index (χ1) is 13.4. The SMILES string of the molecule is CCOc1ccc(S(=O)(=O)N2c3ccc(F)cc3CCC2C)c2cccnc12. The molecule has 1 aliphatic heterocycles. The van der Waals surface area contributed by atoms with Gasteiger partial charge in [-0.2, -0.15) is 0 Å². The fraction of sp³-hybridized carbons (Fsp3) is 0.286. The molecule has 4 rings (SSSR count). The molecule has 0 fully saturated rings. The lowest BCUT2D eigenvalue weighted by Crippen LogP contribution is -2.42. The molecule has 0 radical (unpaired) electrons. The van der Waals surface area contributed by atoms with E-state index in [4.69, 9.17) is 4.74 Å². The topological polar surface area (TPSA) is 59.5 Å². The van der Waals surface area contributed by atoms with Gasteiger partial charge in [-0.25, -0.2) is 12.8 Å². The maximum atomic E-state index is 13.7.